The molecule has 1 aromatic heterocycles. The zero-order valence-electron chi connectivity index (χ0n) is 10.6. The molecule has 0 spiro atoms. The summed E-state index contributed by atoms with van der Waals surface area (Å²) in [5, 5.41) is 1.52. The van der Waals surface area contributed by atoms with Crippen LogP contribution in [0.2, 0.25) is 5.02 Å². The number of hydrogen-bond donors (Lipinski definition) is 1. The summed E-state index contributed by atoms with van der Waals surface area (Å²) in [6.07, 6.45) is 2.46. The first-order valence-electron chi connectivity index (χ1n) is 6.29. The van der Waals surface area contributed by atoms with Gasteiger partial charge in [-0.1, -0.05) is 11.6 Å². The Kier molecular flexibility index (Phi) is 3.15. The number of rotatable bonds is 3. The summed E-state index contributed by atoms with van der Waals surface area (Å²) in [4.78, 5) is 14.8. The normalized spacial score (nSPS) is 14.8. The molecule has 0 bridgehead atoms. The van der Waals surface area contributed by atoms with Gasteiger partial charge in [-0.2, -0.15) is 0 Å². The van der Waals surface area contributed by atoms with E-state index in [0.29, 0.717) is 21.5 Å². The Morgan fingerprint density at radius 3 is 2.95 bits per heavy atom. The third-order valence-corrected chi connectivity index (χ3v) is 4.87. The number of hydrogen-bond acceptors (Lipinski definition) is 3. The number of carbonyl (C=O) groups is 1. The van der Waals surface area contributed by atoms with E-state index in [1.165, 1.54) is 24.2 Å². The van der Waals surface area contributed by atoms with Gasteiger partial charge >= 0.3 is 0 Å². The van der Waals surface area contributed by atoms with Crippen LogP contribution in [0.15, 0.2) is 18.2 Å². The van der Waals surface area contributed by atoms with E-state index in [-0.39, 0.29) is 5.91 Å². The molecule has 1 aliphatic rings. The van der Waals surface area contributed by atoms with Gasteiger partial charge in [-0.15, -0.1) is 11.3 Å². The third kappa shape index (κ3) is 2.42. The first-order valence-corrected chi connectivity index (χ1v) is 7.48. The summed E-state index contributed by atoms with van der Waals surface area (Å²) in [6.45, 7) is 0.827. The van der Waals surface area contributed by atoms with Crippen LogP contribution in [0, 0.1) is 5.92 Å². The van der Waals surface area contributed by atoms with Crippen molar-refractivity contribution < 1.29 is 4.79 Å². The maximum absolute atomic E-state index is 12.4. The Balaban J connectivity index is 1.95. The molecule has 2 N–H and O–H groups in total. The Labute approximate surface area is 121 Å². The van der Waals surface area contributed by atoms with Gasteiger partial charge in [0, 0.05) is 28.7 Å². The maximum Gasteiger partial charge on any atom is 0.265 e. The molecule has 100 valence electrons. The van der Waals surface area contributed by atoms with E-state index in [4.69, 9.17) is 17.3 Å². The van der Waals surface area contributed by atoms with Crippen LogP contribution in [0.5, 0.6) is 0 Å². The lowest BCUT2D eigenvalue weighted by Gasteiger charge is -2.15. The number of amides is 1. The van der Waals surface area contributed by atoms with Crippen molar-refractivity contribution in [1.82, 2.24) is 4.90 Å². The standard InChI is InChI=1S/C14H15ClN2OS/c1-17(7-8-2-3-8)14(18)13-12(16)10-6-9(15)4-5-11(10)19-13/h4-6,8H,2-3,7,16H2,1H3. The molecule has 0 atom stereocenters. The van der Waals surface area contributed by atoms with Crippen molar-refractivity contribution in [2.75, 3.05) is 19.3 Å². The highest BCUT2D eigenvalue weighted by atomic mass is 35.5. The van der Waals surface area contributed by atoms with Crippen LogP contribution in [-0.4, -0.2) is 24.4 Å². The van der Waals surface area contributed by atoms with Gasteiger partial charge < -0.3 is 10.6 Å². The van der Waals surface area contributed by atoms with E-state index in [2.05, 4.69) is 0 Å². The molecular formula is C14H15ClN2OS. The van der Waals surface area contributed by atoms with E-state index < -0.39 is 0 Å². The van der Waals surface area contributed by atoms with Gasteiger partial charge in [-0.05, 0) is 37.0 Å². The summed E-state index contributed by atoms with van der Waals surface area (Å²) in [5.41, 5.74) is 6.65. The molecule has 1 saturated carbocycles. The molecule has 0 radical (unpaired) electrons. The average Bonchev–Trinajstić information content (AvgIpc) is 3.14. The second kappa shape index (κ2) is 4.69. The van der Waals surface area contributed by atoms with Crippen LogP contribution in [0.1, 0.15) is 22.5 Å². The van der Waals surface area contributed by atoms with Crippen molar-refractivity contribution in [1.29, 1.82) is 0 Å². The molecule has 1 aliphatic carbocycles. The molecule has 1 amide bonds. The lowest BCUT2D eigenvalue weighted by atomic mass is 10.2. The SMILES string of the molecule is CN(CC1CC1)C(=O)c1sc2ccc(Cl)cc2c1N. The van der Waals surface area contributed by atoms with Crippen molar-refractivity contribution >= 4 is 44.6 Å². The molecule has 0 unspecified atom stereocenters. The fourth-order valence-corrected chi connectivity index (χ4v) is 3.46. The molecule has 1 aromatic carbocycles. The second-order valence-corrected chi connectivity index (χ2v) is 6.60. The number of halogens is 1. The van der Waals surface area contributed by atoms with E-state index in [1.54, 1.807) is 4.90 Å². The van der Waals surface area contributed by atoms with E-state index in [9.17, 15) is 4.79 Å². The predicted octanol–water partition coefficient (Wildman–Crippen LogP) is 3.62. The molecule has 1 heterocycles. The predicted molar refractivity (Wildman–Crippen MR) is 80.9 cm³/mol. The maximum atomic E-state index is 12.4. The molecular weight excluding hydrogens is 280 g/mol. The molecule has 3 rings (SSSR count). The second-order valence-electron chi connectivity index (χ2n) is 5.11. The van der Waals surface area contributed by atoms with Crippen molar-refractivity contribution in [2.24, 2.45) is 5.92 Å². The Morgan fingerprint density at radius 1 is 1.53 bits per heavy atom. The smallest absolute Gasteiger partial charge is 0.265 e. The Bertz CT molecular complexity index is 648. The number of nitrogens with zero attached hydrogens (tertiary/aromatic N) is 1. The highest BCUT2D eigenvalue weighted by Gasteiger charge is 2.27. The number of nitrogens with two attached hydrogens (primary N) is 1. The Morgan fingerprint density at radius 2 is 2.26 bits per heavy atom. The van der Waals surface area contributed by atoms with E-state index in [0.717, 1.165) is 16.6 Å². The van der Waals surface area contributed by atoms with Crippen LogP contribution in [0.25, 0.3) is 10.1 Å². The molecule has 0 aliphatic heterocycles. The lowest BCUT2D eigenvalue weighted by Crippen LogP contribution is -2.28. The van der Waals surface area contributed by atoms with Gasteiger partial charge in [0.25, 0.3) is 5.91 Å². The third-order valence-electron chi connectivity index (χ3n) is 3.46. The molecule has 5 heteroatoms. The summed E-state index contributed by atoms with van der Waals surface area (Å²) in [5.74, 6) is 0.695. The fraction of sp³-hybridized carbons (Fsp3) is 0.357. The van der Waals surface area contributed by atoms with Crippen LogP contribution in [0.4, 0.5) is 5.69 Å². The molecule has 0 saturated heterocycles. The number of fused-ring (bicyclic) bond motifs is 1. The van der Waals surface area contributed by atoms with Crippen molar-refractivity contribution in [3.05, 3.63) is 28.1 Å². The number of anilines is 1. The van der Waals surface area contributed by atoms with Crippen LogP contribution in [-0.2, 0) is 0 Å². The van der Waals surface area contributed by atoms with Crippen molar-refractivity contribution in [3.8, 4) is 0 Å². The highest BCUT2D eigenvalue weighted by molar-refractivity contribution is 7.21. The molecule has 3 nitrogen and oxygen atoms in total. The summed E-state index contributed by atoms with van der Waals surface area (Å²) >= 11 is 7.41. The molecule has 1 fully saturated rings. The van der Waals surface area contributed by atoms with Crippen LogP contribution >= 0.6 is 22.9 Å². The first-order chi connectivity index (χ1) is 9.06. The minimum Gasteiger partial charge on any atom is -0.397 e. The van der Waals surface area contributed by atoms with Gasteiger partial charge in [0.05, 0.1) is 5.69 Å². The topological polar surface area (TPSA) is 46.3 Å². The van der Waals surface area contributed by atoms with Crippen molar-refractivity contribution in [3.63, 3.8) is 0 Å². The minimum atomic E-state index is 0.0155. The molecule has 19 heavy (non-hydrogen) atoms. The summed E-state index contributed by atoms with van der Waals surface area (Å²) < 4.78 is 1.00. The van der Waals surface area contributed by atoms with Crippen molar-refractivity contribution in [2.45, 2.75) is 12.8 Å². The zero-order chi connectivity index (χ0) is 13.6. The van der Waals surface area contributed by atoms with Gasteiger partial charge in [-0.3, -0.25) is 4.79 Å². The van der Waals surface area contributed by atoms with E-state index in [1.807, 2.05) is 25.2 Å². The number of carbonyl (C=O) groups excluding carboxylic acids is 1. The van der Waals surface area contributed by atoms with Crippen LogP contribution in [0.3, 0.4) is 0 Å². The molecule has 2 aromatic rings. The first kappa shape index (κ1) is 12.8. The quantitative estimate of drug-likeness (QED) is 0.940. The van der Waals surface area contributed by atoms with Gasteiger partial charge in [0.15, 0.2) is 0 Å². The minimum absolute atomic E-state index is 0.0155. The largest absolute Gasteiger partial charge is 0.397 e. The zero-order valence-corrected chi connectivity index (χ0v) is 12.2. The number of nitrogen functional groups attached to an aromatic ring is 1. The Hall–Kier alpha value is -1.26. The fourth-order valence-electron chi connectivity index (χ4n) is 2.19. The average molecular weight is 295 g/mol. The number of thiophene rings is 1. The summed E-state index contributed by atoms with van der Waals surface area (Å²) in [7, 11) is 1.84. The van der Waals surface area contributed by atoms with E-state index >= 15 is 0 Å². The highest BCUT2D eigenvalue weighted by Crippen LogP contribution is 2.36. The summed E-state index contributed by atoms with van der Waals surface area (Å²) in [6, 6.07) is 5.55. The van der Waals surface area contributed by atoms with Gasteiger partial charge in [0.1, 0.15) is 4.88 Å². The van der Waals surface area contributed by atoms with Gasteiger partial charge in [-0.25, -0.2) is 0 Å². The lowest BCUT2D eigenvalue weighted by molar-refractivity contribution is 0.0794. The van der Waals surface area contributed by atoms with Gasteiger partial charge in [0.2, 0.25) is 0 Å². The number of benzene rings is 1. The monoisotopic (exact) mass is 294 g/mol. The van der Waals surface area contributed by atoms with Crippen LogP contribution < -0.4 is 5.73 Å².